The van der Waals surface area contributed by atoms with Crippen LogP contribution in [0, 0.1) is 0 Å². The maximum absolute atomic E-state index is 12.8. The topological polar surface area (TPSA) is 99.6 Å². The quantitative estimate of drug-likeness (QED) is 0.490. The second-order valence-electron chi connectivity index (χ2n) is 7.57. The molecule has 7 nitrogen and oxygen atoms in total. The molecule has 1 aliphatic rings. The van der Waals surface area contributed by atoms with Crippen LogP contribution in [0.25, 0.3) is 10.2 Å². The number of carboxylic acid groups (broad SMARTS) is 1. The third kappa shape index (κ3) is 4.58. The van der Waals surface area contributed by atoms with Crippen molar-refractivity contribution in [2.24, 2.45) is 0 Å². The number of carbonyl (C=O) groups is 1. The van der Waals surface area contributed by atoms with E-state index in [0.29, 0.717) is 32.4 Å². The van der Waals surface area contributed by atoms with E-state index in [1.54, 1.807) is 24.3 Å². The molecule has 170 valence electrons. The SMILES string of the molecule is CCc1cc(C(=O)O)cc2sc(N3CCC(NS(=O)(=O)c4cccc(Cl)c4Cl)CC3)nc12. The zero-order valence-corrected chi connectivity index (χ0v) is 20.3. The molecule has 2 N–H and O–H groups in total. The van der Waals surface area contributed by atoms with Crippen LogP contribution in [0.2, 0.25) is 10.0 Å². The number of piperidine rings is 1. The summed E-state index contributed by atoms with van der Waals surface area (Å²) in [6.45, 7) is 3.23. The predicted molar refractivity (Wildman–Crippen MR) is 128 cm³/mol. The van der Waals surface area contributed by atoms with Gasteiger partial charge in [0.1, 0.15) is 4.90 Å². The van der Waals surface area contributed by atoms with Crippen LogP contribution in [0.15, 0.2) is 35.2 Å². The Bertz CT molecular complexity index is 1290. The van der Waals surface area contributed by atoms with Crippen LogP contribution in [0.3, 0.4) is 0 Å². The second-order valence-corrected chi connectivity index (χ2v) is 11.0. The van der Waals surface area contributed by atoms with Crippen LogP contribution in [0.1, 0.15) is 35.7 Å². The lowest BCUT2D eigenvalue weighted by Gasteiger charge is -2.32. The van der Waals surface area contributed by atoms with Crippen molar-refractivity contribution in [1.29, 1.82) is 0 Å². The van der Waals surface area contributed by atoms with Gasteiger partial charge >= 0.3 is 5.97 Å². The molecule has 0 amide bonds. The molecule has 0 saturated carbocycles. The van der Waals surface area contributed by atoms with Gasteiger partial charge in [0.05, 0.1) is 25.8 Å². The van der Waals surface area contributed by atoms with E-state index < -0.39 is 16.0 Å². The Kier molecular flexibility index (Phi) is 6.65. The first kappa shape index (κ1) is 23.3. The molecular formula is C21H21Cl2N3O4S2. The zero-order chi connectivity index (χ0) is 23.0. The number of benzene rings is 2. The molecule has 0 bridgehead atoms. The minimum absolute atomic E-state index is 0.0148. The fourth-order valence-corrected chi connectivity index (χ4v) is 6.95. The molecule has 32 heavy (non-hydrogen) atoms. The lowest BCUT2D eigenvalue weighted by molar-refractivity contribution is 0.0697. The molecule has 0 unspecified atom stereocenters. The van der Waals surface area contributed by atoms with Crippen molar-refractivity contribution in [3.63, 3.8) is 0 Å². The summed E-state index contributed by atoms with van der Waals surface area (Å²) in [5.41, 5.74) is 2.00. The minimum atomic E-state index is -3.79. The van der Waals surface area contributed by atoms with E-state index in [4.69, 9.17) is 28.2 Å². The number of fused-ring (bicyclic) bond motifs is 1. The largest absolute Gasteiger partial charge is 0.478 e. The first-order chi connectivity index (χ1) is 15.2. The fourth-order valence-electron chi connectivity index (χ4n) is 3.78. The van der Waals surface area contributed by atoms with E-state index in [1.165, 1.54) is 17.4 Å². The third-order valence-corrected chi connectivity index (χ3v) is 9.04. The van der Waals surface area contributed by atoms with E-state index in [0.717, 1.165) is 20.9 Å². The Balaban J connectivity index is 1.48. The molecule has 11 heteroatoms. The normalized spacial score (nSPS) is 15.4. The number of aromatic nitrogens is 1. The van der Waals surface area contributed by atoms with Gasteiger partial charge in [-0.2, -0.15) is 0 Å². The number of anilines is 1. The minimum Gasteiger partial charge on any atom is -0.478 e. The average Bonchev–Trinajstić information content (AvgIpc) is 3.19. The van der Waals surface area contributed by atoms with Gasteiger partial charge in [-0.05, 0) is 49.1 Å². The Labute approximate surface area is 200 Å². The highest BCUT2D eigenvalue weighted by molar-refractivity contribution is 7.89. The van der Waals surface area contributed by atoms with Crippen molar-refractivity contribution in [2.75, 3.05) is 18.0 Å². The number of carboxylic acids is 1. The highest BCUT2D eigenvalue weighted by Crippen LogP contribution is 2.34. The van der Waals surface area contributed by atoms with Crippen molar-refractivity contribution in [3.8, 4) is 0 Å². The standard InChI is InChI=1S/C21H21Cl2N3O4S2/c1-2-12-10-13(20(27)28)11-16-19(12)24-21(31-16)26-8-6-14(7-9-26)25-32(29,30)17-5-3-4-15(22)18(17)23/h3-5,10-11,14,25H,2,6-9H2,1H3,(H,27,28). The summed E-state index contributed by atoms with van der Waals surface area (Å²) in [6.07, 6.45) is 1.90. The van der Waals surface area contributed by atoms with Gasteiger partial charge in [-0.15, -0.1) is 0 Å². The van der Waals surface area contributed by atoms with Crippen LogP contribution in [-0.2, 0) is 16.4 Å². The molecule has 2 aromatic carbocycles. The number of sulfonamides is 1. The monoisotopic (exact) mass is 513 g/mol. The van der Waals surface area contributed by atoms with E-state index >= 15 is 0 Å². The summed E-state index contributed by atoms with van der Waals surface area (Å²) in [6, 6.07) is 7.64. The molecule has 0 spiro atoms. The lowest BCUT2D eigenvalue weighted by Crippen LogP contribution is -2.44. The van der Waals surface area contributed by atoms with E-state index in [-0.39, 0.29) is 26.5 Å². The summed E-state index contributed by atoms with van der Waals surface area (Å²) in [5.74, 6) is -0.954. The number of hydrogen-bond acceptors (Lipinski definition) is 6. The summed E-state index contributed by atoms with van der Waals surface area (Å²) < 4.78 is 29.1. The van der Waals surface area contributed by atoms with Gasteiger partial charge in [0, 0.05) is 19.1 Å². The molecule has 4 rings (SSSR count). The highest BCUT2D eigenvalue weighted by Gasteiger charge is 2.28. The molecule has 1 saturated heterocycles. The number of thiazole rings is 1. The van der Waals surface area contributed by atoms with Crippen LogP contribution in [0.4, 0.5) is 5.13 Å². The van der Waals surface area contributed by atoms with Gasteiger partial charge in [-0.3, -0.25) is 0 Å². The number of aromatic carboxylic acids is 1. The van der Waals surface area contributed by atoms with Gasteiger partial charge in [0.25, 0.3) is 0 Å². The van der Waals surface area contributed by atoms with Crippen molar-refractivity contribution in [2.45, 2.75) is 37.1 Å². The third-order valence-electron chi connectivity index (χ3n) is 5.48. The highest BCUT2D eigenvalue weighted by atomic mass is 35.5. The lowest BCUT2D eigenvalue weighted by atomic mass is 10.1. The molecule has 0 atom stereocenters. The zero-order valence-electron chi connectivity index (χ0n) is 17.1. The first-order valence-electron chi connectivity index (χ1n) is 10.1. The van der Waals surface area contributed by atoms with Gasteiger partial charge in [0.15, 0.2) is 5.13 Å². The Hall–Kier alpha value is -1.91. The average molecular weight is 514 g/mol. The number of rotatable bonds is 6. The van der Waals surface area contributed by atoms with Crippen molar-refractivity contribution in [1.82, 2.24) is 9.71 Å². The number of hydrogen-bond donors (Lipinski definition) is 2. The molecule has 1 aromatic heterocycles. The smallest absolute Gasteiger partial charge is 0.335 e. The van der Waals surface area contributed by atoms with Crippen LogP contribution in [0.5, 0.6) is 0 Å². The van der Waals surface area contributed by atoms with E-state index in [2.05, 4.69) is 9.62 Å². The van der Waals surface area contributed by atoms with E-state index in [9.17, 15) is 18.3 Å². The molecular weight excluding hydrogens is 493 g/mol. The van der Waals surface area contributed by atoms with Crippen LogP contribution >= 0.6 is 34.5 Å². The number of halogens is 2. The summed E-state index contributed by atoms with van der Waals surface area (Å²) in [4.78, 5) is 18.3. The van der Waals surface area contributed by atoms with Gasteiger partial charge < -0.3 is 10.0 Å². The molecule has 1 aliphatic heterocycles. The summed E-state index contributed by atoms with van der Waals surface area (Å²) in [7, 11) is -3.79. The number of nitrogens with zero attached hydrogens (tertiary/aromatic N) is 2. The van der Waals surface area contributed by atoms with Crippen molar-refractivity contribution in [3.05, 3.63) is 51.5 Å². The molecule has 0 radical (unpaired) electrons. The summed E-state index contributed by atoms with van der Waals surface area (Å²) >= 11 is 13.5. The summed E-state index contributed by atoms with van der Waals surface area (Å²) in [5, 5.41) is 10.4. The molecule has 0 aliphatic carbocycles. The number of aryl methyl sites for hydroxylation is 1. The molecule has 3 aromatic rings. The number of nitrogens with one attached hydrogen (secondary N) is 1. The Morgan fingerprint density at radius 3 is 2.66 bits per heavy atom. The Morgan fingerprint density at radius 1 is 1.28 bits per heavy atom. The van der Waals surface area contributed by atoms with Gasteiger partial charge in [-0.1, -0.05) is 47.5 Å². The Morgan fingerprint density at radius 2 is 2.00 bits per heavy atom. The van der Waals surface area contributed by atoms with Crippen molar-refractivity contribution < 1.29 is 18.3 Å². The van der Waals surface area contributed by atoms with Crippen molar-refractivity contribution >= 4 is 65.9 Å². The van der Waals surface area contributed by atoms with Crippen LogP contribution < -0.4 is 9.62 Å². The first-order valence-corrected chi connectivity index (χ1v) is 13.1. The second kappa shape index (κ2) is 9.15. The maximum atomic E-state index is 12.8. The van der Waals surface area contributed by atoms with Gasteiger partial charge in [0.2, 0.25) is 10.0 Å². The van der Waals surface area contributed by atoms with Crippen LogP contribution in [-0.4, -0.2) is 43.6 Å². The van der Waals surface area contributed by atoms with Gasteiger partial charge in [-0.25, -0.2) is 22.9 Å². The fraction of sp³-hybridized carbons (Fsp3) is 0.333. The van der Waals surface area contributed by atoms with E-state index in [1.807, 2.05) is 6.92 Å². The molecule has 1 fully saturated rings. The maximum Gasteiger partial charge on any atom is 0.335 e. The predicted octanol–water partition coefficient (Wildman–Crippen LogP) is 4.81. The molecule has 2 heterocycles.